The predicted octanol–water partition coefficient (Wildman–Crippen LogP) is 1.58. The molecule has 0 saturated heterocycles. The first-order chi connectivity index (χ1) is 9.06. The fourth-order valence-electron chi connectivity index (χ4n) is 0.900. The summed E-state index contributed by atoms with van der Waals surface area (Å²) in [6, 6.07) is 0. The van der Waals surface area contributed by atoms with Gasteiger partial charge in [-0.3, -0.25) is 0 Å². The summed E-state index contributed by atoms with van der Waals surface area (Å²) in [5.74, 6) is 0. The maximum Gasteiger partial charge on any atom is 0.366 e. The van der Waals surface area contributed by atoms with Crippen molar-refractivity contribution in [2.45, 2.75) is 0 Å². The van der Waals surface area contributed by atoms with Crippen LogP contribution in [0.5, 0.6) is 0 Å². The van der Waals surface area contributed by atoms with Gasteiger partial charge in [0.05, 0.1) is 46.2 Å². The van der Waals surface area contributed by atoms with Gasteiger partial charge in [-0.15, -0.1) is 0 Å². The zero-order valence-corrected chi connectivity index (χ0v) is 11.1. The van der Waals surface area contributed by atoms with E-state index in [0.717, 1.165) is 0 Å². The quantitative estimate of drug-likeness (QED) is 0.179. The van der Waals surface area contributed by atoms with Crippen molar-refractivity contribution in [2.75, 3.05) is 52.7 Å². The highest BCUT2D eigenvalue weighted by molar-refractivity contribution is 7.83. The highest BCUT2D eigenvalue weighted by Crippen LogP contribution is 1.97. The van der Waals surface area contributed by atoms with Crippen molar-refractivity contribution in [1.82, 2.24) is 0 Å². The van der Waals surface area contributed by atoms with Gasteiger partial charge in [0.1, 0.15) is 0 Å². The molecule has 0 unspecified atom stereocenters. The molecule has 0 atom stereocenters. The Kier molecular flexibility index (Phi) is 11.4. The van der Waals surface area contributed by atoms with Gasteiger partial charge in [0, 0.05) is 11.5 Å². The molecular weight excluding hydrogens is 286 g/mol. The van der Waals surface area contributed by atoms with E-state index in [4.69, 9.17) is 19.7 Å². The van der Waals surface area contributed by atoms with Gasteiger partial charge in [-0.25, -0.2) is 0 Å². The molecule has 0 aromatic heterocycles. The third-order valence-electron chi connectivity index (χ3n) is 1.62. The Labute approximate surface area is 110 Å². The summed E-state index contributed by atoms with van der Waals surface area (Å²) >= 11 is 0. The van der Waals surface area contributed by atoms with Crippen molar-refractivity contribution >= 4 is 10.5 Å². The monoisotopic (exact) mass is 302 g/mol. The summed E-state index contributed by atoms with van der Waals surface area (Å²) in [4.78, 5) is 2.56. The van der Waals surface area contributed by atoms with Gasteiger partial charge in [0.25, 0.3) is 0 Å². The molecule has 0 fully saturated rings. The van der Waals surface area contributed by atoms with E-state index in [1.807, 2.05) is 0 Å². The third kappa shape index (κ3) is 17.0. The molecule has 0 aliphatic rings. The Morgan fingerprint density at radius 1 is 0.947 bits per heavy atom. The normalized spacial score (nSPS) is 11.1. The molecule has 8 nitrogen and oxygen atoms in total. The zero-order chi connectivity index (χ0) is 14.4. The molecule has 0 rings (SSSR count). The van der Waals surface area contributed by atoms with Crippen LogP contribution in [0.4, 0.5) is 7.77 Å². The van der Waals surface area contributed by atoms with Crippen LogP contribution in [-0.4, -0.2) is 56.9 Å². The van der Waals surface area contributed by atoms with Crippen LogP contribution in [0.25, 0.3) is 10.4 Å². The Balaban J connectivity index is 3.15. The van der Waals surface area contributed by atoms with Gasteiger partial charge in [-0.1, -0.05) is 12.9 Å². The highest BCUT2D eigenvalue weighted by Gasteiger charge is 1.98. The highest BCUT2D eigenvalue weighted by atomic mass is 32.3. The van der Waals surface area contributed by atoms with Gasteiger partial charge < -0.3 is 14.2 Å². The lowest BCUT2D eigenvalue weighted by Crippen LogP contribution is -2.11. The summed E-state index contributed by atoms with van der Waals surface area (Å²) < 4.78 is 51.1. The van der Waals surface area contributed by atoms with Crippen LogP contribution in [0.15, 0.2) is 9.48 Å². The molecule has 19 heavy (non-hydrogen) atoms. The number of azide groups is 1. The molecule has 0 aliphatic heterocycles. The maximum absolute atomic E-state index is 11.8. The van der Waals surface area contributed by atoms with Crippen molar-refractivity contribution in [1.29, 1.82) is 0 Å². The molecule has 0 aromatic carbocycles. The first-order valence-corrected chi connectivity index (χ1v) is 6.74. The Morgan fingerprint density at radius 3 is 1.89 bits per heavy atom. The van der Waals surface area contributed by atoms with Crippen LogP contribution in [0.3, 0.4) is 0 Å². The molecule has 0 bridgehead atoms. The lowest BCUT2D eigenvalue weighted by Gasteiger charge is -2.05. The minimum absolute atomic E-state index is 0.0309. The van der Waals surface area contributed by atoms with Crippen molar-refractivity contribution in [3.63, 3.8) is 0 Å². The predicted molar refractivity (Wildman–Crippen MR) is 64.1 cm³/mol. The summed E-state index contributed by atoms with van der Waals surface area (Å²) in [5, 5.41) is 3.28. The molecular formula is C8H16F2N4O4S. The molecule has 0 radical (unpaired) electrons. The van der Waals surface area contributed by atoms with E-state index in [1.54, 1.807) is 0 Å². The fourth-order valence-corrected chi connectivity index (χ4v) is 1.19. The largest absolute Gasteiger partial charge is 0.379 e. The van der Waals surface area contributed by atoms with Gasteiger partial charge >= 0.3 is 10.5 Å². The second kappa shape index (κ2) is 12.1. The minimum Gasteiger partial charge on any atom is -0.379 e. The standard InChI is InChI=1S/C8H16F2N4O4S/c9-19(10,15)13-2-4-17-6-8-18-7-5-16-3-1-12-14-11/h1-8H2. The van der Waals surface area contributed by atoms with E-state index in [1.165, 1.54) is 0 Å². The molecule has 11 heteroatoms. The second-order valence-electron chi connectivity index (χ2n) is 3.04. The number of rotatable bonds is 12. The van der Waals surface area contributed by atoms with Crippen LogP contribution in [-0.2, 0) is 24.7 Å². The summed E-state index contributed by atoms with van der Waals surface area (Å²) in [6.07, 6.45) is 0. The average Bonchev–Trinajstić information content (AvgIpc) is 2.34. The lowest BCUT2D eigenvalue weighted by atomic mass is 10.7. The molecule has 0 aromatic rings. The van der Waals surface area contributed by atoms with E-state index < -0.39 is 10.5 Å². The summed E-state index contributed by atoms with van der Waals surface area (Å²) in [6.45, 7) is 1.50. The molecule has 0 aliphatic carbocycles. The Morgan fingerprint density at radius 2 is 1.42 bits per heavy atom. The molecule has 0 amide bonds. The van der Waals surface area contributed by atoms with Gasteiger partial charge in [-0.2, -0.15) is 8.57 Å². The van der Waals surface area contributed by atoms with Crippen LogP contribution >= 0.6 is 0 Å². The fraction of sp³-hybridized carbons (Fsp3) is 1.00. The molecule has 0 saturated carbocycles. The molecule has 0 heterocycles. The van der Waals surface area contributed by atoms with Gasteiger partial charge in [0.15, 0.2) is 0 Å². The molecule has 0 spiro atoms. The third-order valence-corrected chi connectivity index (χ3v) is 2.10. The number of nitrogens with zero attached hydrogens (tertiary/aromatic N) is 4. The van der Waals surface area contributed by atoms with Crippen LogP contribution < -0.4 is 0 Å². The molecule has 112 valence electrons. The lowest BCUT2D eigenvalue weighted by molar-refractivity contribution is 0.0175. The molecule has 0 N–H and O–H groups in total. The van der Waals surface area contributed by atoms with E-state index in [0.29, 0.717) is 26.4 Å². The smallest absolute Gasteiger partial charge is 0.366 e. The van der Waals surface area contributed by atoms with Crippen molar-refractivity contribution in [2.24, 2.45) is 9.48 Å². The second-order valence-corrected chi connectivity index (χ2v) is 4.09. The zero-order valence-electron chi connectivity index (χ0n) is 10.2. The van der Waals surface area contributed by atoms with E-state index in [-0.39, 0.29) is 26.3 Å². The van der Waals surface area contributed by atoms with Gasteiger partial charge in [-0.05, 0) is 5.53 Å². The van der Waals surface area contributed by atoms with E-state index >= 15 is 0 Å². The SMILES string of the molecule is [N-]=[N+]=NCCOCCOCCOCCN=S(=O)(F)F. The number of halogens is 2. The maximum atomic E-state index is 11.8. The average molecular weight is 302 g/mol. The Hall–Kier alpha value is -1.00. The van der Waals surface area contributed by atoms with Gasteiger partial charge in [0.2, 0.25) is 0 Å². The van der Waals surface area contributed by atoms with E-state index in [2.05, 4.69) is 14.4 Å². The topological polar surface area (TPSA) is 106 Å². The first kappa shape index (κ1) is 18.0. The van der Waals surface area contributed by atoms with Crippen molar-refractivity contribution in [3.8, 4) is 0 Å². The minimum atomic E-state index is -5.02. The summed E-state index contributed by atoms with van der Waals surface area (Å²) in [7, 11) is -5.02. The van der Waals surface area contributed by atoms with Crippen LogP contribution in [0.2, 0.25) is 0 Å². The van der Waals surface area contributed by atoms with Crippen LogP contribution in [0, 0.1) is 0 Å². The number of hydrogen-bond acceptors (Lipinski definition) is 6. The number of ether oxygens (including phenoxy) is 3. The first-order valence-electron chi connectivity index (χ1n) is 5.42. The Bertz CT molecular complexity index is 375. The summed E-state index contributed by atoms with van der Waals surface area (Å²) in [5.41, 5.74) is 7.97. The van der Waals surface area contributed by atoms with Crippen molar-refractivity contribution < 1.29 is 26.2 Å². The van der Waals surface area contributed by atoms with Crippen LogP contribution in [0.1, 0.15) is 0 Å². The van der Waals surface area contributed by atoms with E-state index in [9.17, 15) is 12.0 Å². The number of hydrogen-bond donors (Lipinski definition) is 0. The van der Waals surface area contributed by atoms with Crippen molar-refractivity contribution in [3.05, 3.63) is 10.4 Å².